The van der Waals surface area contributed by atoms with Crippen LogP contribution in [0.15, 0.2) is 33.0 Å². The molecule has 3 N–H and O–H groups in total. The number of aliphatic imine (C=N–C) groups is 2. The third kappa shape index (κ3) is 4.94. The van der Waals surface area contributed by atoms with E-state index in [2.05, 4.69) is 15.3 Å². The molecule has 0 aromatic carbocycles. The molecule has 0 saturated carbocycles. The summed E-state index contributed by atoms with van der Waals surface area (Å²) < 4.78 is 79.5. The maximum absolute atomic E-state index is 13.7. The van der Waals surface area contributed by atoms with Crippen LogP contribution in [0.3, 0.4) is 0 Å². The number of hydrogen-bond acceptors (Lipinski definition) is 7. The number of rotatable bonds is 3. The molecule has 2 unspecified atom stereocenters. The highest BCUT2D eigenvalue weighted by atomic mass is 32.2. The number of guanidine groups is 1. The maximum Gasteiger partial charge on any atom is 0.418 e. The molecule has 3 aliphatic rings. The van der Waals surface area contributed by atoms with Gasteiger partial charge in [0.05, 0.1) is 17.9 Å². The van der Waals surface area contributed by atoms with Crippen LogP contribution < -0.4 is 11.1 Å². The predicted molar refractivity (Wildman–Crippen MR) is 105 cm³/mol. The third-order valence-corrected chi connectivity index (χ3v) is 6.50. The Balaban J connectivity index is 1.82. The van der Waals surface area contributed by atoms with Gasteiger partial charge in [0.2, 0.25) is 16.0 Å². The molecule has 2 heterocycles. The van der Waals surface area contributed by atoms with Gasteiger partial charge in [0.1, 0.15) is 5.84 Å². The topological polar surface area (TPSA) is 103 Å². The molecule has 1 saturated heterocycles. The van der Waals surface area contributed by atoms with E-state index in [4.69, 9.17) is 5.73 Å². The van der Waals surface area contributed by atoms with E-state index in [1.165, 1.54) is 11.2 Å². The van der Waals surface area contributed by atoms with Gasteiger partial charge in [-0.25, -0.2) is 17.8 Å². The number of nitrogens with zero attached hydrogens (tertiary/aromatic N) is 4. The van der Waals surface area contributed by atoms with Crippen LogP contribution in [0.25, 0.3) is 0 Å². The molecule has 1 fully saturated rings. The highest BCUT2D eigenvalue weighted by molar-refractivity contribution is 7.88. The summed E-state index contributed by atoms with van der Waals surface area (Å²) >= 11 is 0. The zero-order chi connectivity index (χ0) is 22.3. The highest BCUT2D eigenvalue weighted by Gasteiger charge is 2.39. The van der Waals surface area contributed by atoms with Gasteiger partial charge in [0.25, 0.3) is 0 Å². The molecule has 0 amide bonds. The summed E-state index contributed by atoms with van der Waals surface area (Å²) in [5.41, 5.74) is 5.10. The minimum atomic E-state index is -4.59. The summed E-state index contributed by atoms with van der Waals surface area (Å²) in [5.74, 6) is -0.292. The van der Waals surface area contributed by atoms with E-state index in [0.717, 1.165) is 12.3 Å². The van der Waals surface area contributed by atoms with Crippen LogP contribution in [0.2, 0.25) is 0 Å². The first-order valence-electron chi connectivity index (χ1n) is 9.40. The molecule has 2 atom stereocenters. The number of nitrogens with two attached hydrogens (primary N) is 1. The molecule has 30 heavy (non-hydrogen) atoms. The normalized spacial score (nSPS) is 26.9. The average Bonchev–Trinajstić information content (AvgIpc) is 2.65. The van der Waals surface area contributed by atoms with E-state index in [9.17, 15) is 26.0 Å². The molecule has 0 radical (unpaired) electrons. The van der Waals surface area contributed by atoms with Crippen molar-refractivity contribution in [2.45, 2.75) is 38.2 Å². The van der Waals surface area contributed by atoms with Gasteiger partial charge in [-0.3, -0.25) is 0 Å². The first kappa shape index (κ1) is 22.5. The van der Waals surface area contributed by atoms with E-state index in [0.29, 0.717) is 0 Å². The van der Waals surface area contributed by atoms with Gasteiger partial charge in [0, 0.05) is 37.6 Å². The van der Waals surface area contributed by atoms with Crippen molar-refractivity contribution < 1.29 is 26.0 Å². The Morgan fingerprint density at radius 3 is 2.37 bits per heavy atom. The fourth-order valence-electron chi connectivity index (χ4n) is 3.60. The lowest BCUT2D eigenvalue weighted by molar-refractivity contribution is -0.0910. The molecule has 2 aliphatic heterocycles. The first-order valence-corrected chi connectivity index (χ1v) is 11.2. The van der Waals surface area contributed by atoms with Gasteiger partial charge in [-0.15, -0.1) is 0 Å². The fraction of sp³-hybridized carbons (Fsp3) is 0.647. The highest BCUT2D eigenvalue weighted by Crippen LogP contribution is 2.37. The molecule has 1 aliphatic carbocycles. The van der Waals surface area contributed by atoms with Crippen LogP contribution >= 0.6 is 0 Å². The molecule has 0 aromatic heterocycles. The zero-order valence-corrected chi connectivity index (χ0v) is 17.4. The van der Waals surface area contributed by atoms with Gasteiger partial charge >= 0.3 is 6.18 Å². The van der Waals surface area contributed by atoms with Crippen molar-refractivity contribution in [1.29, 1.82) is 0 Å². The van der Waals surface area contributed by atoms with Crippen molar-refractivity contribution in [3.8, 4) is 0 Å². The molecule has 13 heteroatoms. The summed E-state index contributed by atoms with van der Waals surface area (Å²) in [6, 6.07) is -0.784. The summed E-state index contributed by atoms with van der Waals surface area (Å²) in [7, 11) is -3.38. The number of sulfonamides is 1. The Kier molecular flexibility index (Phi) is 6.14. The quantitative estimate of drug-likeness (QED) is 0.625. The predicted octanol–water partition coefficient (Wildman–Crippen LogP) is 1.10. The fourth-order valence-corrected chi connectivity index (χ4v) is 4.43. The average molecular weight is 452 g/mol. The number of hydrogen-bond donors (Lipinski definition) is 2. The molecule has 0 spiro atoms. The van der Waals surface area contributed by atoms with E-state index in [1.54, 1.807) is 4.90 Å². The molecule has 8 nitrogen and oxygen atoms in total. The van der Waals surface area contributed by atoms with Crippen molar-refractivity contribution >= 4 is 21.8 Å². The smallest absolute Gasteiger partial charge is 0.385 e. The monoisotopic (exact) mass is 452 g/mol. The number of nitrogens with one attached hydrogen (secondary N) is 1. The van der Waals surface area contributed by atoms with Gasteiger partial charge in [-0.2, -0.15) is 22.5 Å². The van der Waals surface area contributed by atoms with E-state index in [1.807, 2.05) is 0 Å². The lowest BCUT2D eigenvalue weighted by atomic mass is 9.98. The Bertz CT molecular complexity index is 917. The van der Waals surface area contributed by atoms with Gasteiger partial charge in [0.15, 0.2) is 6.17 Å². The second-order valence-corrected chi connectivity index (χ2v) is 9.42. The van der Waals surface area contributed by atoms with Gasteiger partial charge in [-0.1, -0.05) is 0 Å². The number of allylic oxidation sites excluding steroid dienone is 4. The summed E-state index contributed by atoms with van der Waals surface area (Å²) in [6.45, 7) is 2.13. The number of halogens is 4. The van der Waals surface area contributed by atoms with Crippen LogP contribution in [0.4, 0.5) is 17.6 Å². The Morgan fingerprint density at radius 1 is 1.20 bits per heavy atom. The zero-order valence-electron chi connectivity index (χ0n) is 16.6. The summed E-state index contributed by atoms with van der Waals surface area (Å²) in [4.78, 5) is 9.35. The van der Waals surface area contributed by atoms with Crippen molar-refractivity contribution in [3.63, 3.8) is 0 Å². The van der Waals surface area contributed by atoms with Crippen molar-refractivity contribution in [2.75, 3.05) is 32.4 Å². The first-order chi connectivity index (χ1) is 13.9. The van der Waals surface area contributed by atoms with Crippen LogP contribution in [0, 0.1) is 0 Å². The third-order valence-electron chi connectivity index (χ3n) is 5.19. The van der Waals surface area contributed by atoms with Crippen LogP contribution in [0.1, 0.15) is 19.8 Å². The number of amidine groups is 1. The molecule has 3 rings (SSSR count). The summed E-state index contributed by atoms with van der Waals surface area (Å²) in [6.07, 6.45) is -3.66. The van der Waals surface area contributed by atoms with Gasteiger partial charge < -0.3 is 16.0 Å². The minimum Gasteiger partial charge on any atom is -0.385 e. The van der Waals surface area contributed by atoms with Gasteiger partial charge in [-0.05, 0) is 25.8 Å². The van der Waals surface area contributed by atoms with Crippen LogP contribution in [0.5, 0.6) is 0 Å². The second-order valence-electron chi connectivity index (χ2n) is 7.43. The Hall–Kier alpha value is -2.15. The van der Waals surface area contributed by atoms with E-state index in [-0.39, 0.29) is 62.2 Å². The second kappa shape index (κ2) is 8.17. The Labute approximate surface area is 172 Å². The molecule has 0 aromatic rings. The number of alkyl halides is 4. The SMILES string of the molecule is CC1N=C(NC2=CC(C(F)(F)F)=C(N3CCN(S(C)(=O)=O)CC3)CC2)N=C(N)C1F. The van der Waals surface area contributed by atoms with E-state index < -0.39 is 34.0 Å². The molecular formula is C17H24F4N6O2S. The van der Waals surface area contributed by atoms with Crippen LogP contribution in [-0.4, -0.2) is 80.2 Å². The standard InChI is InChI=1S/C17H24F4N6O2S/c1-10-14(18)15(22)25-16(23-10)24-11-3-4-13(12(9-11)17(19,20)21)26-5-7-27(8-6-26)30(2,28)29/h9-10,14H,3-8H2,1-2H3,(H3,22,23,24,25). The Morgan fingerprint density at radius 2 is 1.83 bits per heavy atom. The maximum atomic E-state index is 13.7. The van der Waals surface area contributed by atoms with Crippen molar-refractivity contribution in [1.82, 2.24) is 14.5 Å². The molecule has 0 bridgehead atoms. The molecular weight excluding hydrogens is 428 g/mol. The molecule has 168 valence electrons. The van der Waals surface area contributed by atoms with Crippen LogP contribution in [-0.2, 0) is 10.0 Å². The van der Waals surface area contributed by atoms with E-state index >= 15 is 0 Å². The van der Waals surface area contributed by atoms with Crippen molar-refractivity contribution in [3.05, 3.63) is 23.0 Å². The summed E-state index contributed by atoms with van der Waals surface area (Å²) in [5, 5.41) is 2.73. The minimum absolute atomic E-state index is 0.0214. The lowest BCUT2D eigenvalue weighted by Crippen LogP contribution is -2.48. The van der Waals surface area contributed by atoms with Crippen molar-refractivity contribution in [2.24, 2.45) is 15.7 Å². The largest absolute Gasteiger partial charge is 0.418 e. The lowest BCUT2D eigenvalue weighted by Gasteiger charge is -2.38. The number of piperazine rings is 1.